The molecule has 0 aliphatic carbocycles. The molecule has 0 atom stereocenters. The second kappa shape index (κ2) is 10.5. The molecule has 9 nitrogen and oxygen atoms in total. The third-order valence-electron chi connectivity index (χ3n) is 6.98. The number of hydrogen-bond donors (Lipinski definition) is 2. The average molecular weight is 516 g/mol. The summed E-state index contributed by atoms with van der Waals surface area (Å²) in [5.74, 6) is -0.296. The average Bonchev–Trinajstić information content (AvgIpc) is 3.24. The van der Waals surface area contributed by atoms with E-state index in [0.717, 1.165) is 37.4 Å². The minimum Gasteiger partial charge on any atom is -0.506 e. The van der Waals surface area contributed by atoms with Crippen molar-refractivity contribution in [3.8, 4) is 17.7 Å². The quantitative estimate of drug-likeness (QED) is 0.372. The van der Waals surface area contributed by atoms with Crippen LogP contribution in [-0.4, -0.2) is 48.7 Å². The number of pyridine rings is 1. The highest BCUT2D eigenvalue weighted by Gasteiger charge is 2.24. The van der Waals surface area contributed by atoms with E-state index in [9.17, 15) is 19.4 Å². The van der Waals surface area contributed by atoms with Gasteiger partial charge < -0.3 is 19.5 Å². The van der Waals surface area contributed by atoms with Crippen molar-refractivity contribution < 1.29 is 24.1 Å². The van der Waals surface area contributed by atoms with Crippen molar-refractivity contribution in [2.75, 3.05) is 13.1 Å². The zero-order valence-electron chi connectivity index (χ0n) is 20.8. The minimum atomic E-state index is -1.10. The first kappa shape index (κ1) is 25.2. The largest absolute Gasteiger partial charge is 0.506 e. The summed E-state index contributed by atoms with van der Waals surface area (Å²) in [5.41, 5.74) is 2.54. The van der Waals surface area contributed by atoms with Crippen LogP contribution in [0.25, 0.3) is 11.0 Å². The van der Waals surface area contributed by atoms with Crippen LogP contribution < -0.4 is 4.74 Å². The van der Waals surface area contributed by atoms with E-state index in [1.165, 1.54) is 18.2 Å². The number of phenols is 1. The molecule has 3 heterocycles. The molecule has 1 saturated heterocycles. The fraction of sp³-hybridized carbons (Fsp3) is 0.286. The molecule has 0 bridgehead atoms. The Labute approximate surface area is 218 Å². The van der Waals surface area contributed by atoms with Crippen molar-refractivity contribution >= 4 is 17.0 Å². The number of aromatic carboxylic acids is 1. The van der Waals surface area contributed by atoms with Crippen LogP contribution in [0.4, 0.5) is 4.39 Å². The van der Waals surface area contributed by atoms with E-state index in [1.807, 2.05) is 29.8 Å². The standard InChI is InChI=1S/C28H26FN5O4/c1-33-23-12-20(28(36)37)13-24(35)27(23)32-25(33)15-34-9-7-18(8-10-34)22-3-2-4-26(31-22)38-16-19-6-5-17(14-30)11-21(19)29/h2-6,11-13,18,35H,7-10,15-16H2,1H3,(H,36,37). The number of likely N-dealkylation sites (tertiary alicyclic amines) is 1. The molecular formula is C28H26FN5O4. The number of carbonyl (C=O) groups is 1. The number of benzene rings is 2. The van der Waals surface area contributed by atoms with E-state index in [-0.39, 0.29) is 29.4 Å². The molecule has 2 aromatic heterocycles. The molecule has 0 radical (unpaired) electrons. The number of imidazole rings is 1. The molecule has 2 N–H and O–H groups in total. The predicted molar refractivity (Wildman–Crippen MR) is 136 cm³/mol. The summed E-state index contributed by atoms with van der Waals surface area (Å²) < 4.78 is 21.7. The number of aromatic hydroxyl groups is 1. The molecule has 1 aliphatic heterocycles. The van der Waals surface area contributed by atoms with Gasteiger partial charge in [-0.3, -0.25) is 4.90 Å². The third kappa shape index (κ3) is 5.14. The lowest BCUT2D eigenvalue weighted by Gasteiger charge is -2.31. The molecule has 0 amide bonds. The van der Waals surface area contributed by atoms with E-state index in [2.05, 4.69) is 14.9 Å². The van der Waals surface area contributed by atoms with Crippen LogP contribution in [0, 0.1) is 17.1 Å². The molecule has 1 aliphatic rings. The number of rotatable bonds is 7. The molecule has 1 fully saturated rings. The first-order chi connectivity index (χ1) is 18.3. The van der Waals surface area contributed by atoms with Crippen LogP contribution in [0.1, 0.15) is 51.8 Å². The van der Waals surface area contributed by atoms with Crippen molar-refractivity contribution in [1.82, 2.24) is 19.4 Å². The van der Waals surface area contributed by atoms with E-state index >= 15 is 0 Å². The second-order valence-electron chi connectivity index (χ2n) is 9.41. The molecule has 10 heteroatoms. The first-order valence-electron chi connectivity index (χ1n) is 12.2. The normalized spacial score (nSPS) is 14.4. The summed E-state index contributed by atoms with van der Waals surface area (Å²) in [6, 6.07) is 14.6. The van der Waals surface area contributed by atoms with Crippen molar-refractivity contribution in [1.29, 1.82) is 5.26 Å². The van der Waals surface area contributed by atoms with E-state index in [4.69, 9.17) is 10.00 Å². The predicted octanol–water partition coefficient (Wildman–Crippen LogP) is 4.34. The maximum Gasteiger partial charge on any atom is 0.335 e. The Morgan fingerprint density at radius 1 is 1.18 bits per heavy atom. The number of nitrogens with zero attached hydrogens (tertiary/aromatic N) is 5. The smallest absolute Gasteiger partial charge is 0.335 e. The fourth-order valence-electron chi connectivity index (χ4n) is 4.79. The third-order valence-corrected chi connectivity index (χ3v) is 6.98. The molecule has 0 saturated carbocycles. The number of halogens is 1. The molecule has 0 unspecified atom stereocenters. The van der Waals surface area contributed by atoms with Gasteiger partial charge in [0, 0.05) is 30.3 Å². The number of phenolic OH excluding ortho intramolecular Hbond substituents is 1. The zero-order chi connectivity index (χ0) is 26.8. The lowest BCUT2D eigenvalue weighted by atomic mass is 9.93. The van der Waals surface area contributed by atoms with Gasteiger partial charge in [-0.15, -0.1) is 0 Å². The maximum atomic E-state index is 14.2. The summed E-state index contributed by atoms with van der Waals surface area (Å²) in [6.45, 7) is 2.24. The van der Waals surface area contributed by atoms with Gasteiger partial charge in [0.25, 0.3) is 0 Å². The van der Waals surface area contributed by atoms with Crippen molar-refractivity contribution in [2.24, 2.45) is 7.05 Å². The van der Waals surface area contributed by atoms with Gasteiger partial charge in [-0.05, 0) is 56.3 Å². The lowest BCUT2D eigenvalue weighted by molar-refractivity contribution is 0.0696. The van der Waals surface area contributed by atoms with Gasteiger partial charge in [-0.2, -0.15) is 5.26 Å². The Hall–Kier alpha value is -4.49. The Kier molecular flexibility index (Phi) is 6.94. The Balaban J connectivity index is 1.21. The maximum absolute atomic E-state index is 14.2. The summed E-state index contributed by atoms with van der Waals surface area (Å²) in [6.07, 6.45) is 1.78. The number of hydrogen-bond acceptors (Lipinski definition) is 7. The molecular weight excluding hydrogens is 489 g/mol. The van der Waals surface area contributed by atoms with Crippen molar-refractivity contribution in [3.63, 3.8) is 0 Å². The summed E-state index contributed by atoms with van der Waals surface area (Å²) in [5, 5.41) is 28.4. The lowest BCUT2D eigenvalue weighted by Crippen LogP contribution is -2.33. The van der Waals surface area contributed by atoms with Gasteiger partial charge in [0.1, 0.15) is 29.5 Å². The van der Waals surface area contributed by atoms with E-state index in [1.54, 1.807) is 18.2 Å². The van der Waals surface area contributed by atoms with Crippen LogP contribution in [-0.2, 0) is 20.2 Å². The molecule has 38 heavy (non-hydrogen) atoms. The Bertz CT molecular complexity index is 1550. The minimum absolute atomic E-state index is 0.0195. The molecule has 194 valence electrons. The number of ether oxygens (including phenoxy) is 1. The zero-order valence-corrected chi connectivity index (χ0v) is 20.8. The molecule has 5 rings (SSSR count). The fourth-order valence-corrected chi connectivity index (χ4v) is 4.79. The monoisotopic (exact) mass is 515 g/mol. The second-order valence-corrected chi connectivity index (χ2v) is 9.41. The van der Waals surface area contributed by atoms with Gasteiger partial charge in [0.15, 0.2) is 0 Å². The highest BCUT2D eigenvalue weighted by molar-refractivity contribution is 5.95. The highest BCUT2D eigenvalue weighted by Crippen LogP contribution is 2.30. The van der Waals surface area contributed by atoms with Crippen LogP contribution in [0.2, 0.25) is 0 Å². The number of aromatic nitrogens is 3. The van der Waals surface area contributed by atoms with Gasteiger partial charge >= 0.3 is 5.97 Å². The summed E-state index contributed by atoms with van der Waals surface area (Å²) in [4.78, 5) is 22.8. The number of piperidine rings is 1. The van der Waals surface area contributed by atoms with Crippen molar-refractivity contribution in [3.05, 3.63) is 82.6 Å². The number of carboxylic acids is 1. The topological polar surface area (TPSA) is 125 Å². The SMILES string of the molecule is Cn1c(CN2CCC(c3cccc(OCc4ccc(C#N)cc4F)n3)CC2)nc2c(O)cc(C(=O)O)cc21. The van der Waals surface area contributed by atoms with Crippen molar-refractivity contribution in [2.45, 2.75) is 31.9 Å². The number of aryl methyl sites for hydroxylation is 1. The highest BCUT2D eigenvalue weighted by atomic mass is 19.1. The Morgan fingerprint density at radius 2 is 1.97 bits per heavy atom. The summed E-state index contributed by atoms with van der Waals surface area (Å²) in [7, 11) is 1.82. The Morgan fingerprint density at radius 3 is 2.68 bits per heavy atom. The van der Waals surface area contributed by atoms with Gasteiger partial charge in [-0.1, -0.05) is 12.1 Å². The van der Waals surface area contributed by atoms with Gasteiger partial charge in [0.05, 0.1) is 29.3 Å². The number of carboxylic acid groups (broad SMARTS) is 1. The van der Waals surface area contributed by atoms with Crippen LogP contribution in [0.3, 0.4) is 0 Å². The van der Waals surface area contributed by atoms with Crippen LogP contribution in [0.15, 0.2) is 48.5 Å². The van der Waals surface area contributed by atoms with Gasteiger partial charge in [-0.25, -0.2) is 19.2 Å². The first-order valence-corrected chi connectivity index (χ1v) is 12.2. The van der Waals surface area contributed by atoms with Crippen LogP contribution in [0.5, 0.6) is 11.6 Å². The van der Waals surface area contributed by atoms with Crippen LogP contribution >= 0.6 is 0 Å². The number of nitriles is 1. The molecule has 2 aromatic carbocycles. The molecule has 4 aromatic rings. The van der Waals surface area contributed by atoms with Gasteiger partial charge in [0.2, 0.25) is 5.88 Å². The van der Waals surface area contributed by atoms with E-state index < -0.39 is 11.8 Å². The summed E-state index contributed by atoms with van der Waals surface area (Å²) >= 11 is 0. The number of fused-ring (bicyclic) bond motifs is 1. The van der Waals surface area contributed by atoms with E-state index in [0.29, 0.717) is 29.0 Å². The molecule has 0 spiro atoms.